The molecule has 1 aliphatic heterocycles. The molecule has 3 heterocycles. The number of aromatic amines is 1. The van der Waals surface area contributed by atoms with Gasteiger partial charge in [-0.2, -0.15) is 11.8 Å². The third kappa shape index (κ3) is 2.35. The fourth-order valence-corrected chi connectivity index (χ4v) is 3.63. The molecule has 3 rings (SSSR count). The summed E-state index contributed by atoms with van der Waals surface area (Å²) in [4.78, 5) is 22.2. The number of nitrogens with one attached hydrogen (secondary N) is 1. The van der Waals surface area contributed by atoms with Crippen molar-refractivity contribution in [3.05, 3.63) is 23.0 Å². The van der Waals surface area contributed by atoms with E-state index in [1.165, 1.54) is 29.0 Å². The quantitative estimate of drug-likeness (QED) is 0.697. The molecule has 9 heteroatoms. The Bertz CT molecular complexity index is 687. The van der Waals surface area contributed by atoms with Crippen LogP contribution in [0.15, 0.2) is 17.4 Å². The monoisotopic (exact) mass is 312 g/mol. The molecule has 4 atom stereocenters. The number of H-pyrrole nitrogens is 1. The van der Waals surface area contributed by atoms with Crippen LogP contribution in [0.3, 0.4) is 0 Å². The van der Waals surface area contributed by atoms with Gasteiger partial charge >= 0.3 is 0 Å². The maximum Gasteiger partial charge on any atom is 0.278 e. The maximum atomic E-state index is 11.7. The van der Waals surface area contributed by atoms with E-state index in [1.54, 1.807) is 0 Å². The van der Waals surface area contributed by atoms with Gasteiger partial charge in [0.25, 0.3) is 5.56 Å². The summed E-state index contributed by atoms with van der Waals surface area (Å²) in [5.41, 5.74) is 0.200. The third-order valence-electron chi connectivity index (χ3n) is 3.49. The molecule has 0 amide bonds. The standard InChI is InChI=1S/C12H16N4O4S/c1-2-21-9-6(3-17)20-12(8(9)18)16-5-15-7-10(16)13-4-14-11(7)19/h4-6,8-9,12,17-18H,2-3H2,1H3,(H,13,14,19). The Morgan fingerprint density at radius 3 is 3.05 bits per heavy atom. The zero-order chi connectivity index (χ0) is 15.0. The SMILES string of the molecule is CCSC1C(CO)OC(n2cnc3c(=O)[nH]cnc32)C1O. The second-order valence-electron chi connectivity index (χ2n) is 4.71. The molecular weight excluding hydrogens is 296 g/mol. The number of hydrogen-bond donors (Lipinski definition) is 3. The number of aromatic nitrogens is 4. The van der Waals surface area contributed by atoms with Gasteiger partial charge in [-0.3, -0.25) is 9.36 Å². The number of hydrogen-bond acceptors (Lipinski definition) is 7. The van der Waals surface area contributed by atoms with E-state index >= 15 is 0 Å². The molecule has 1 aliphatic rings. The van der Waals surface area contributed by atoms with Crippen molar-refractivity contribution in [3.8, 4) is 0 Å². The molecule has 8 nitrogen and oxygen atoms in total. The van der Waals surface area contributed by atoms with E-state index in [9.17, 15) is 15.0 Å². The number of imidazole rings is 1. The molecule has 3 N–H and O–H groups in total. The van der Waals surface area contributed by atoms with Crippen LogP contribution in [0.1, 0.15) is 13.2 Å². The van der Waals surface area contributed by atoms with E-state index in [4.69, 9.17) is 4.74 Å². The Hall–Kier alpha value is -1.42. The molecule has 0 saturated carbocycles. The molecule has 0 aromatic carbocycles. The van der Waals surface area contributed by atoms with Crippen molar-refractivity contribution in [2.75, 3.05) is 12.4 Å². The van der Waals surface area contributed by atoms with E-state index in [1.807, 2.05) is 6.92 Å². The molecule has 1 saturated heterocycles. The fourth-order valence-electron chi connectivity index (χ4n) is 2.54. The second kappa shape index (κ2) is 5.76. The van der Waals surface area contributed by atoms with Crippen LogP contribution in [-0.4, -0.2) is 59.5 Å². The van der Waals surface area contributed by atoms with Gasteiger partial charge in [-0.1, -0.05) is 6.92 Å². The van der Waals surface area contributed by atoms with Crippen LogP contribution >= 0.6 is 11.8 Å². The summed E-state index contributed by atoms with van der Waals surface area (Å²) < 4.78 is 7.27. The van der Waals surface area contributed by atoms with Gasteiger partial charge in [-0.25, -0.2) is 9.97 Å². The van der Waals surface area contributed by atoms with E-state index < -0.39 is 18.4 Å². The Morgan fingerprint density at radius 2 is 2.33 bits per heavy atom. The van der Waals surface area contributed by atoms with Gasteiger partial charge in [0, 0.05) is 0 Å². The Kier molecular flexibility index (Phi) is 3.98. The summed E-state index contributed by atoms with van der Waals surface area (Å²) in [5, 5.41) is 19.6. The molecule has 2 aromatic heterocycles. The normalized spacial score (nSPS) is 29.3. The van der Waals surface area contributed by atoms with Gasteiger partial charge in [-0.05, 0) is 5.75 Å². The zero-order valence-corrected chi connectivity index (χ0v) is 12.2. The highest BCUT2D eigenvalue weighted by atomic mass is 32.2. The minimum Gasteiger partial charge on any atom is -0.394 e. The van der Waals surface area contributed by atoms with Gasteiger partial charge in [0.2, 0.25) is 0 Å². The van der Waals surface area contributed by atoms with Crippen molar-refractivity contribution in [2.24, 2.45) is 0 Å². The molecule has 0 aliphatic carbocycles. The minimum atomic E-state index is -0.814. The number of fused-ring (bicyclic) bond motifs is 1. The molecule has 2 aromatic rings. The number of aliphatic hydroxyl groups excluding tert-OH is 2. The molecule has 0 bridgehead atoms. The highest BCUT2D eigenvalue weighted by Gasteiger charge is 2.44. The Labute approximate surface area is 124 Å². The van der Waals surface area contributed by atoms with Gasteiger partial charge < -0.3 is 19.9 Å². The largest absolute Gasteiger partial charge is 0.394 e. The van der Waals surface area contributed by atoms with Crippen molar-refractivity contribution in [2.45, 2.75) is 30.6 Å². The Morgan fingerprint density at radius 1 is 1.52 bits per heavy atom. The number of thioether (sulfide) groups is 1. The van der Waals surface area contributed by atoms with Gasteiger partial charge in [0.05, 0.1) is 30.6 Å². The lowest BCUT2D eigenvalue weighted by Gasteiger charge is -2.18. The van der Waals surface area contributed by atoms with Crippen LogP contribution in [0.4, 0.5) is 0 Å². The van der Waals surface area contributed by atoms with Crippen LogP contribution in [0, 0.1) is 0 Å². The average Bonchev–Trinajstić information content (AvgIpc) is 3.03. The first-order valence-electron chi connectivity index (χ1n) is 6.63. The summed E-state index contributed by atoms with van der Waals surface area (Å²) in [6.45, 7) is 1.80. The van der Waals surface area contributed by atoms with E-state index in [0.717, 1.165) is 5.75 Å². The molecule has 21 heavy (non-hydrogen) atoms. The number of ether oxygens (including phenoxy) is 1. The van der Waals surface area contributed by atoms with Gasteiger partial charge in [0.1, 0.15) is 6.10 Å². The Balaban J connectivity index is 1.99. The van der Waals surface area contributed by atoms with Crippen LogP contribution in [0.5, 0.6) is 0 Å². The smallest absolute Gasteiger partial charge is 0.278 e. The zero-order valence-electron chi connectivity index (χ0n) is 11.3. The highest BCUT2D eigenvalue weighted by Crippen LogP contribution is 2.37. The van der Waals surface area contributed by atoms with Crippen LogP contribution in [0.2, 0.25) is 0 Å². The highest BCUT2D eigenvalue weighted by molar-refractivity contribution is 8.00. The molecule has 1 fully saturated rings. The van der Waals surface area contributed by atoms with E-state index in [0.29, 0.717) is 5.65 Å². The number of nitrogens with zero attached hydrogens (tertiary/aromatic N) is 3. The van der Waals surface area contributed by atoms with Crippen LogP contribution < -0.4 is 5.56 Å². The first kappa shape index (κ1) is 14.5. The molecule has 114 valence electrons. The summed E-state index contributed by atoms with van der Waals surface area (Å²) in [7, 11) is 0. The van der Waals surface area contributed by atoms with E-state index in [-0.39, 0.29) is 22.9 Å². The summed E-state index contributed by atoms with van der Waals surface area (Å²) in [6.07, 6.45) is 0.714. The van der Waals surface area contributed by atoms with Crippen LogP contribution in [-0.2, 0) is 4.74 Å². The fraction of sp³-hybridized carbons (Fsp3) is 0.583. The maximum absolute atomic E-state index is 11.7. The van der Waals surface area contributed by atoms with Crippen molar-refractivity contribution < 1.29 is 14.9 Å². The van der Waals surface area contributed by atoms with Gasteiger partial charge in [0.15, 0.2) is 17.4 Å². The van der Waals surface area contributed by atoms with Crippen molar-refractivity contribution >= 4 is 22.9 Å². The number of rotatable bonds is 4. The van der Waals surface area contributed by atoms with Crippen LogP contribution in [0.25, 0.3) is 11.2 Å². The predicted octanol–water partition coefficient (Wildman–Crippen LogP) is -0.508. The average molecular weight is 312 g/mol. The van der Waals surface area contributed by atoms with Crippen molar-refractivity contribution in [1.82, 2.24) is 19.5 Å². The third-order valence-corrected chi connectivity index (χ3v) is 4.79. The van der Waals surface area contributed by atoms with Gasteiger partial charge in [-0.15, -0.1) is 0 Å². The van der Waals surface area contributed by atoms with E-state index in [2.05, 4.69) is 15.0 Å². The lowest BCUT2D eigenvalue weighted by molar-refractivity contribution is -0.0486. The minimum absolute atomic E-state index is 0.175. The predicted molar refractivity (Wildman–Crippen MR) is 77.1 cm³/mol. The van der Waals surface area contributed by atoms with Crippen molar-refractivity contribution in [1.29, 1.82) is 0 Å². The first-order chi connectivity index (χ1) is 10.2. The number of aliphatic hydroxyl groups is 2. The summed E-state index contributed by atoms with van der Waals surface area (Å²) >= 11 is 1.53. The summed E-state index contributed by atoms with van der Waals surface area (Å²) in [5.74, 6) is 0.802. The first-order valence-corrected chi connectivity index (χ1v) is 7.68. The van der Waals surface area contributed by atoms with Crippen molar-refractivity contribution in [3.63, 3.8) is 0 Å². The topological polar surface area (TPSA) is 113 Å². The molecule has 4 unspecified atom stereocenters. The molecule has 0 spiro atoms. The second-order valence-corrected chi connectivity index (χ2v) is 6.17. The lowest BCUT2D eigenvalue weighted by atomic mass is 10.2. The molecular formula is C12H16N4O4S. The summed E-state index contributed by atoms with van der Waals surface area (Å²) in [6, 6.07) is 0. The lowest BCUT2D eigenvalue weighted by Crippen LogP contribution is -2.31. The molecule has 0 radical (unpaired) electrons.